The molecule has 88 valence electrons. The molecule has 4 heteroatoms. The van der Waals surface area contributed by atoms with Crippen LogP contribution >= 0.6 is 15.9 Å². The Hall–Kier alpha value is -1.68. The molecule has 0 spiro atoms. The largest absolute Gasteiger partial charge is 0.504 e. The Bertz CT molecular complexity index is 529. The number of nitrogen functional groups attached to an aromatic ring is 1. The van der Waals surface area contributed by atoms with Crippen LogP contribution in [-0.2, 0) is 6.61 Å². The van der Waals surface area contributed by atoms with E-state index in [1.54, 1.807) is 18.2 Å². The molecule has 0 aliphatic carbocycles. The van der Waals surface area contributed by atoms with Gasteiger partial charge >= 0.3 is 0 Å². The molecule has 0 aliphatic rings. The smallest absolute Gasteiger partial charge is 0.161 e. The number of rotatable bonds is 3. The maximum absolute atomic E-state index is 9.53. The van der Waals surface area contributed by atoms with Crippen molar-refractivity contribution < 1.29 is 9.84 Å². The van der Waals surface area contributed by atoms with E-state index < -0.39 is 0 Å². The number of phenols is 1. The number of para-hydroxylation sites is 2. The molecule has 17 heavy (non-hydrogen) atoms. The minimum Gasteiger partial charge on any atom is -0.504 e. The van der Waals surface area contributed by atoms with E-state index in [2.05, 4.69) is 15.9 Å². The molecule has 0 atom stereocenters. The van der Waals surface area contributed by atoms with E-state index in [9.17, 15) is 5.11 Å². The lowest BCUT2D eigenvalue weighted by molar-refractivity contribution is 0.289. The van der Waals surface area contributed by atoms with Crippen LogP contribution in [0.1, 0.15) is 5.56 Å². The zero-order valence-corrected chi connectivity index (χ0v) is 10.6. The summed E-state index contributed by atoms with van der Waals surface area (Å²) in [5.74, 6) is 0.613. The summed E-state index contributed by atoms with van der Waals surface area (Å²) in [5, 5.41) is 9.53. The van der Waals surface area contributed by atoms with Crippen LogP contribution in [0, 0.1) is 0 Å². The second-order valence-electron chi connectivity index (χ2n) is 3.61. The standard InChI is InChI=1S/C13H12BrNO2/c14-10-7-9(5-6-11(10)15)8-17-13-4-2-1-3-12(13)16/h1-7,16H,8,15H2. The summed E-state index contributed by atoms with van der Waals surface area (Å²) in [6.45, 7) is 0.385. The van der Waals surface area contributed by atoms with Crippen molar-refractivity contribution in [3.63, 3.8) is 0 Å². The number of aromatic hydroxyl groups is 1. The first-order valence-electron chi connectivity index (χ1n) is 5.11. The summed E-state index contributed by atoms with van der Waals surface area (Å²) in [7, 11) is 0. The first-order valence-corrected chi connectivity index (χ1v) is 5.91. The van der Waals surface area contributed by atoms with Gasteiger partial charge in [-0.15, -0.1) is 0 Å². The first-order chi connectivity index (χ1) is 8.16. The third-order valence-electron chi connectivity index (χ3n) is 2.32. The summed E-state index contributed by atoms with van der Waals surface area (Å²) in [4.78, 5) is 0. The van der Waals surface area contributed by atoms with E-state index in [1.165, 1.54) is 0 Å². The Morgan fingerprint density at radius 2 is 1.94 bits per heavy atom. The molecular formula is C13H12BrNO2. The molecule has 2 aromatic rings. The average molecular weight is 294 g/mol. The van der Waals surface area contributed by atoms with Crippen LogP contribution in [-0.4, -0.2) is 5.11 Å². The summed E-state index contributed by atoms with van der Waals surface area (Å²) in [6, 6.07) is 12.5. The average Bonchev–Trinajstić information content (AvgIpc) is 2.32. The fraction of sp³-hybridized carbons (Fsp3) is 0.0769. The van der Waals surface area contributed by atoms with Gasteiger partial charge in [-0.2, -0.15) is 0 Å². The van der Waals surface area contributed by atoms with Crippen molar-refractivity contribution in [2.45, 2.75) is 6.61 Å². The lowest BCUT2D eigenvalue weighted by Gasteiger charge is -2.08. The topological polar surface area (TPSA) is 55.5 Å². The molecule has 0 saturated carbocycles. The van der Waals surface area contributed by atoms with Gasteiger partial charge < -0.3 is 15.6 Å². The van der Waals surface area contributed by atoms with Gasteiger partial charge in [-0.3, -0.25) is 0 Å². The van der Waals surface area contributed by atoms with Crippen molar-refractivity contribution in [2.75, 3.05) is 5.73 Å². The molecule has 2 aromatic carbocycles. The summed E-state index contributed by atoms with van der Waals surface area (Å²) < 4.78 is 6.35. The molecule has 0 bridgehead atoms. The number of ether oxygens (including phenoxy) is 1. The minimum absolute atomic E-state index is 0.141. The second-order valence-corrected chi connectivity index (χ2v) is 4.47. The van der Waals surface area contributed by atoms with Crippen LogP contribution in [0.4, 0.5) is 5.69 Å². The highest BCUT2D eigenvalue weighted by atomic mass is 79.9. The second kappa shape index (κ2) is 5.10. The monoisotopic (exact) mass is 293 g/mol. The van der Waals surface area contributed by atoms with Gasteiger partial charge in [0.25, 0.3) is 0 Å². The van der Waals surface area contributed by atoms with Gasteiger partial charge in [0.2, 0.25) is 0 Å². The van der Waals surface area contributed by atoms with Crippen molar-refractivity contribution in [3.05, 3.63) is 52.5 Å². The number of nitrogens with two attached hydrogens (primary N) is 1. The lowest BCUT2D eigenvalue weighted by atomic mass is 10.2. The van der Waals surface area contributed by atoms with Gasteiger partial charge in [0.1, 0.15) is 6.61 Å². The molecular weight excluding hydrogens is 282 g/mol. The van der Waals surface area contributed by atoms with Gasteiger partial charge in [-0.25, -0.2) is 0 Å². The van der Waals surface area contributed by atoms with Gasteiger partial charge in [-0.1, -0.05) is 18.2 Å². The quantitative estimate of drug-likeness (QED) is 0.854. The van der Waals surface area contributed by atoms with Gasteiger partial charge in [-0.05, 0) is 45.8 Å². The zero-order valence-electron chi connectivity index (χ0n) is 9.06. The Labute approximate surface area is 108 Å². The predicted octanol–water partition coefficient (Wildman–Crippen LogP) is 3.32. The van der Waals surface area contributed by atoms with Crippen molar-refractivity contribution in [1.82, 2.24) is 0 Å². The van der Waals surface area contributed by atoms with E-state index in [-0.39, 0.29) is 5.75 Å². The van der Waals surface area contributed by atoms with Crippen LogP contribution in [0.15, 0.2) is 46.9 Å². The van der Waals surface area contributed by atoms with E-state index >= 15 is 0 Å². The Morgan fingerprint density at radius 3 is 2.65 bits per heavy atom. The summed E-state index contributed by atoms with van der Waals surface area (Å²) in [6.07, 6.45) is 0. The molecule has 0 fully saturated rings. The number of halogens is 1. The highest BCUT2D eigenvalue weighted by Gasteiger charge is 2.02. The molecule has 3 nitrogen and oxygen atoms in total. The fourth-order valence-electron chi connectivity index (χ4n) is 1.40. The summed E-state index contributed by atoms with van der Waals surface area (Å²) in [5.41, 5.74) is 7.36. The molecule has 3 N–H and O–H groups in total. The maximum atomic E-state index is 9.53. The SMILES string of the molecule is Nc1ccc(COc2ccccc2O)cc1Br. The predicted molar refractivity (Wildman–Crippen MR) is 71.0 cm³/mol. The third-order valence-corrected chi connectivity index (χ3v) is 3.01. The summed E-state index contributed by atoms with van der Waals surface area (Å²) >= 11 is 3.36. The molecule has 0 heterocycles. The normalized spacial score (nSPS) is 10.2. The van der Waals surface area contributed by atoms with Gasteiger partial charge in [0.05, 0.1) is 0 Å². The minimum atomic E-state index is 0.141. The molecule has 0 unspecified atom stereocenters. The molecule has 0 amide bonds. The number of anilines is 1. The van der Waals surface area contributed by atoms with Crippen LogP contribution in [0.3, 0.4) is 0 Å². The lowest BCUT2D eigenvalue weighted by Crippen LogP contribution is -1.96. The highest BCUT2D eigenvalue weighted by Crippen LogP contribution is 2.26. The molecule has 0 radical (unpaired) electrons. The van der Waals surface area contributed by atoms with E-state index in [4.69, 9.17) is 10.5 Å². The number of hydrogen-bond donors (Lipinski definition) is 2. The number of benzene rings is 2. The first kappa shape index (κ1) is 11.8. The van der Waals surface area contributed by atoms with E-state index in [0.29, 0.717) is 18.0 Å². The molecule has 2 rings (SSSR count). The van der Waals surface area contributed by atoms with Crippen LogP contribution in [0.2, 0.25) is 0 Å². The zero-order chi connectivity index (χ0) is 12.3. The number of hydrogen-bond acceptors (Lipinski definition) is 3. The van der Waals surface area contributed by atoms with Crippen LogP contribution in [0.5, 0.6) is 11.5 Å². The van der Waals surface area contributed by atoms with Crippen LogP contribution in [0.25, 0.3) is 0 Å². The third kappa shape index (κ3) is 2.91. The molecule has 0 aromatic heterocycles. The van der Waals surface area contributed by atoms with E-state index in [0.717, 1.165) is 10.0 Å². The van der Waals surface area contributed by atoms with Crippen molar-refractivity contribution in [3.8, 4) is 11.5 Å². The van der Waals surface area contributed by atoms with Gasteiger partial charge in [0.15, 0.2) is 11.5 Å². The Morgan fingerprint density at radius 1 is 1.18 bits per heavy atom. The van der Waals surface area contributed by atoms with Crippen molar-refractivity contribution in [2.24, 2.45) is 0 Å². The maximum Gasteiger partial charge on any atom is 0.161 e. The van der Waals surface area contributed by atoms with Gasteiger partial charge in [0, 0.05) is 10.2 Å². The number of phenolic OH excluding ortho intramolecular Hbond substituents is 1. The van der Waals surface area contributed by atoms with E-state index in [1.807, 2.05) is 24.3 Å². The molecule has 0 saturated heterocycles. The molecule has 0 aliphatic heterocycles. The van der Waals surface area contributed by atoms with Crippen molar-refractivity contribution in [1.29, 1.82) is 0 Å². The fourth-order valence-corrected chi connectivity index (χ4v) is 1.83. The van der Waals surface area contributed by atoms with Crippen LogP contribution < -0.4 is 10.5 Å². The Kier molecular flexibility index (Phi) is 3.54. The Balaban J connectivity index is 2.08. The highest BCUT2D eigenvalue weighted by molar-refractivity contribution is 9.10. The van der Waals surface area contributed by atoms with Crippen molar-refractivity contribution >= 4 is 21.6 Å².